The van der Waals surface area contributed by atoms with Crippen LogP contribution in [0.25, 0.3) is 0 Å². The van der Waals surface area contributed by atoms with Crippen LogP contribution in [-0.4, -0.2) is 17.5 Å². The van der Waals surface area contributed by atoms with Crippen molar-refractivity contribution in [3.05, 3.63) is 65.0 Å². The van der Waals surface area contributed by atoms with Crippen LogP contribution in [-0.2, 0) is 11.2 Å². The number of hydrogen-bond donors (Lipinski definition) is 0. The van der Waals surface area contributed by atoms with E-state index >= 15 is 0 Å². The second-order valence-corrected chi connectivity index (χ2v) is 7.92. The first-order valence-electron chi connectivity index (χ1n) is 8.88. The minimum Gasteiger partial charge on any atom is -0.474 e. The van der Waals surface area contributed by atoms with Crippen LogP contribution in [0.2, 0.25) is 0 Å². The zero-order valence-electron chi connectivity index (χ0n) is 14.2. The Labute approximate surface area is 142 Å². The zero-order valence-corrected chi connectivity index (χ0v) is 14.2. The van der Waals surface area contributed by atoms with Crippen LogP contribution in [0.4, 0.5) is 0 Å². The van der Waals surface area contributed by atoms with Crippen molar-refractivity contribution >= 4 is 5.90 Å². The molecule has 3 atom stereocenters. The Morgan fingerprint density at radius 1 is 1.08 bits per heavy atom. The molecular weight excluding hydrogens is 296 g/mol. The molecule has 3 aliphatic carbocycles. The topological polar surface area (TPSA) is 34.5 Å². The van der Waals surface area contributed by atoms with E-state index in [1.165, 1.54) is 29.7 Å². The summed E-state index contributed by atoms with van der Waals surface area (Å²) in [7, 11) is 0. The molecule has 24 heavy (non-hydrogen) atoms. The number of ether oxygens (including phenoxy) is 1. The maximum Gasteiger partial charge on any atom is 0.236 e. The lowest BCUT2D eigenvalue weighted by atomic mass is 9.48. The fourth-order valence-corrected chi connectivity index (χ4v) is 4.55. The Kier molecular flexibility index (Phi) is 2.91. The lowest BCUT2D eigenvalue weighted by molar-refractivity contribution is 0.0154. The number of pyridine rings is 1. The Morgan fingerprint density at radius 3 is 2.71 bits per heavy atom. The first-order chi connectivity index (χ1) is 11.6. The molecule has 2 aromatic rings. The zero-order chi connectivity index (χ0) is 16.3. The SMILES string of the molecule is CC1(C)[C@H]2Cc3ccc(C4=N[C@H](c5ccccc5)CO4)nc3[C@@H]1C2. The second-order valence-electron chi connectivity index (χ2n) is 7.92. The van der Waals surface area contributed by atoms with E-state index in [-0.39, 0.29) is 6.04 Å². The normalized spacial score (nSPS) is 29.2. The van der Waals surface area contributed by atoms with E-state index in [1.807, 2.05) is 6.07 Å². The van der Waals surface area contributed by atoms with Gasteiger partial charge in [-0.15, -0.1) is 0 Å². The molecule has 6 rings (SSSR count). The highest BCUT2D eigenvalue weighted by Gasteiger charge is 2.53. The van der Waals surface area contributed by atoms with Gasteiger partial charge in [-0.25, -0.2) is 9.98 Å². The summed E-state index contributed by atoms with van der Waals surface area (Å²) in [6.45, 7) is 5.38. The van der Waals surface area contributed by atoms with Crippen LogP contribution in [0.5, 0.6) is 0 Å². The predicted octanol–water partition coefficient (Wildman–Crippen LogP) is 4.29. The molecule has 0 saturated heterocycles. The van der Waals surface area contributed by atoms with Crippen molar-refractivity contribution in [2.45, 2.75) is 38.6 Å². The summed E-state index contributed by atoms with van der Waals surface area (Å²) in [5.74, 6) is 2.12. The summed E-state index contributed by atoms with van der Waals surface area (Å²) in [4.78, 5) is 9.77. The third-order valence-electron chi connectivity index (χ3n) is 6.33. The quantitative estimate of drug-likeness (QED) is 0.828. The highest BCUT2D eigenvalue weighted by Crippen LogP contribution is 2.61. The number of hydrogen-bond acceptors (Lipinski definition) is 3. The van der Waals surface area contributed by atoms with Crippen LogP contribution in [0, 0.1) is 11.3 Å². The summed E-state index contributed by atoms with van der Waals surface area (Å²) in [6, 6.07) is 14.8. The van der Waals surface area contributed by atoms with Crippen LogP contribution < -0.4 is 0 Å². The fourth-order valence-electron chi connectivity index (χ4n) is 4.55. The smallest absolute Gasteiger partial charge is 0.236 e. The van der Waals surface area contributed by atoms with E-state index in [2.05, 4.69) is 50.2 Å². The van der Waals surface area contributed by atoms with E-state index in [0.717, 1.165) is 11.6 Å². The van der Waals surface area contributed by atoms with Crippen molar-refractivity contribution in [1.29, 1.82) is 0 Å². The average Bonchev–Trinajstić information content (AvgIpc) is 3.11. The first-order valence-corrected chi connectivity index (χ1v) is 8.88. The summed E-state index contributed by atoms with van der Waals surface area (Å²) in [5, 5.41) is 0. The van der Waals surface area contributed by atoms with Gasteiger partial charge in [-0.3, -0.25) is 0 Å². The summed E-state index contributed by atoms with van der Waals surface area (Å²) < 4.78 is 5.88. The molecule has 1 aromatic heterocycles. The van der Waals surface area contributed by atoms with Crippen molar-refractivity contribution in [3.8, 4) is 0 Å². The van der Waals surface area contributed by atoms with E-state index in [9.17, 15) is 0 Å². The van der Waals surface area contributed by atoms with Crippen LogP contribution in [0.1, 0.15) is 54.7 Å². The minimum absolute atomic E-state index is 0.0866. The van der Waals surface area contributed by atoms with Gasteiger partial charge in [0.1, 0.15) is 18.3 Å². The highest BCUT2D eigenvalue weighted by atomic mass is 16.5. The van der Waals surface area contributed by atoms with Crippen LogP contribution in [0.3, 0.4) is 0 Å². The molecule has 2 heterocycles. The average molecular weight is 318 g/mol. The summed E-state index contributed by atoms with van der Waals surface area (Å²) in [5.41, 5.74) is 5.21. The van der Waals surface area contributed by atoms with Crippen molar-refractivity contribution in [1.82, 2.24) is 4.98 Å². The van der Waals surface area contributed by atoms with Crippen LogP contribution in [0.15, 0.2) is 47.5 Å². The Morgan fingerprint density at radius 2 is 1.92 bits per heavy atom. The molecular formula is C21H22N2O. The first kappa shape index (κ1) is 14.2. The van der Waals surface area contributed by atoms with Gasteiger partial charge in [-0.1, -0.05) is 50.2 Å². The molecule has 2 bridgehead atoms. The lowest BCUT2D eigenvalue weighted by Crippen LogP contribution is -2.48. The van der Waals surface area contributed by atoms with Gasteiger partial charge in [-0.2, -0.15) is 0 Å². The van der Waals surface area contributed by atoms with Crippen molar-refractivity contribution in [3.63, 3.8) is 0 Å². The van der Waals surface area contributed by atoms with Gasteiger partial charge in [0, 0.05) is 11.6 Å². The second kappa shape index (κ2) is 4.92. The molecule has 122 valence electrons. The van der Waals surface area contributed by atoms with Crippen molar-refractivity contribution < 1.29 is 4.74 Å². The minimum atomic E-state index is 0.0866. The monoisotopic (exact) mass is 318 g/mol. The van der Waals surface area contributed by atoms with E-state index in [4.69, 9.17) is 14.7 Å². The van der Waals surface area contributed by atoms with Gasteiger partial charge in [0.15, 0.2) is 0 Å². The molecule has 1 aromatic carbocycles. The molecule has 1 aliphatic heterocycles. The van der Waals surface area contributed by atoms with E-state index in [1.54, 1.807) is 0 Å². The van der Waals surface area contributed by atoms with Gasteiger partial charge in [0.2, 0.25) is 5.90 Å². The van der Waals surface area contributed by atoms with Crippen LogP contribution >= 0.6 is 0 Å². The number of rotatable bonds is 2. The summed E-state index contributed by atoms with van der Waals surface area (Å²) >= 11 is 0. The summed E-state index contributed by atoms with van der Waals surface area (Å²) in [6.07, 6.45) is 2.46. The highest BCUT2D eigenvalue weighted by molar-refractivity contribution is 5.93. The maximum atomic E-state index is 5.88. The molecule has 1 fully saturated rings. The molecule has 0 unspecified atom stereocenters. The van der Waals surface area contributed by atoms with Gasteiger partial charge in [0.05, 0.1) is 0 Å². The van der Waals surface area contributed by atoms with Crippen molar-refractivity contribution in [2.24, 2.45) is 16.3 Å². The number of benzene rings is 1. The number of aliphatic imine (C=N–C) groups is 1. The lowest BCUT2D eigenvalue weighted by Gasteiger charge is -2.56. The predicted molar refractivity (Wildman–Crippen MR) is 94.2 cm³/mol. The fraction of sp³-hybridized carbons (Fsp3) is 0.429. The molecule has 0 radical (unpaired) electrons. The molecule has 1 saturated carbocycles. The third kappa shape index (κ3) is 1.97. The van der Waals surface area contributed by atoms with Gasteiger partial charge < -0.3 is 4.74 Å². The Hall–Kier alpha value is -2.16. The molecule has 4 aliphatic rings. The molecule has 0 spiro atoms. The third-order valence-corrected chi connectivity index (χ3v) is 6.33. The molecule has 0 N–H and O–H groups in total. The van der Waals surface area contributed by atoms with E-state index < -0.39 is 0 Å². The standard InChI is InChI=1S/C21H22N2O/c1-21(2)15-10-14-8-9-17(22-19(14)16(21)11-15)20-23-18(12-24-20)13-6-4-3-5-7-13/h3-9,15-16,18H,10-12H2,1-2H3/t15-,16-,18-/m0/s1. The Balaban J connectivity index is 1.48. The van der Waals surface area contributed by atoms with Gasteiger partial charge >= 0.3 is 0 Å². The van der Waals surface area contributed by atoms with E-state index in [0.29, 0.717) is 23.8 Å². The Bertz CT molecular complexity index is 825. The molecule has 3 heteroatoms. The largest absolute Gasteiger partial charge is 0.474 e. The number of aromatic nitrogens is 1. The van der Waals surface area contributed by atoms with Gasteiger partial charge in [-0.05, 0) is 41.4 Å². The molecule has 0 amide bonds. The maximum absolute atomic E-state index is 5.88. The molecule has 3 nitrogen and oxygen atoms in total. The van der Waals surface area contributed by atoms with Crippen molar-refractivity contribution in [2.75, 3.05) is 6.61 Å². The number of nitrogens with zero attached hydrogens (tertiary/aromatic N) is 2. The van der Waals surface area contributed by atoms with Gasteiger partial charge in [0.25, 0.3) is 0 Å².